The second-order valence-corrected chi connectivity index (χ2v) is 14.5. The molecule has 0 aromatic rings. The van der Waals surface area contributed by atoms with Crippen LogP contribution in [0.2, 0.25) is 18.1 Å². The van der Waals surface area contributed by atoms with Crippen molar-refractivity contribution in [2.75, 3.05) is 13.2 Å². The third-order valence-corrected chi connectivity index (χ3v) is 9.70. The molecule has 1 fully saturated rings. The molecule has 2 N–H and O–H groups in total. The van der Waals surface area contributed by atoms with Crippen LogP contribution < -0.4 is 5.32 Å². The predicted molar refractivity (Wildman–Crippen MR) is 106 cm³/mol. The Labute approximate surface area is 164 Å². The van der Waals surface area contributed by atoms with E-state index in [4.69, 9.17) is 13.9 Å². The lowest BCUT2D eigenvalue weighted by Gasteiger charge is -2.36. The lowest BCUT2D eigenvalue weighted by Crippen LogP contribution is -2.41. The number of carbonyl (C=O) groups excluding carboxylic acids is 2. The van der Waals surface area contributed by atoms with Gasteiger partial charge in [-0.25, -0.2) is 4.79 Å². The van der Waals surface area contributed by atoms with Crippen molar-refractivity contribution in [3.8, 4) is 0 Å². The lowest BCUT2D eigenvalue weighted by atomic mass is 9.96. The van der Waals surface area contributed by atoms with Crippen molar-refractivity contribution < 1.29 is 28.6 Å². The summed E-state index contributed by atoms with van der Waals surface area (Å²) in [7, 11) is -1.87. The van der Waals surface area contributed by atoms with Gasteiger partial charge in [0.2, 0.25) is 0 Å². The van der Waals surface area contributed by atoms with Crippen LogP contribution in [0.4, 0.5) is 4.79 Å². The predicted octanol–water partition coefficient (Wildman–Crippen LogP) is 3.22. The minimum absolute atomic E-state index is 0.105. The first-order valence-electron chi connectivity index (χ1n) is 9.63. The maximum Gasteiger partial charge on any atom is 0.407 e. The van der Waals surface area contributed by atoms with Gasteiger partial charge in [-0.3, -0.25) is 4.79 Å². The fourth-order valence-corrected chi connectivity index (χ4v) is 3.57. The summed E-state index contributed by atoms with van der Waals surface area (Å²) in [6.45, 7) is 16.8. The minimum atomic E-state index is -1.87. The number of hydrogen-bond acceptors (Lipinski definition) is 6. The van der Waals surface area contributed by atoms with Crippen LogP contribution in [-0.2, 0) is 18.7 Å². The van der Waals surface area contributed by atoms with E-state index in [0.717, 1.165) is 0 Å². The Morgan fingerprint density at radius 3 is 2.30 bits per heavy atom. The fourth-order valence-electron chi connectivity index (χ4n) is 2.51. The maximum atomic E-state index is 12.1. The smallest absolute Gasteiger partial charge is 0.407 e. The zero-order chi connectivity index (χ0) is 21.0. The van der Waals surface area contributed by atoms with Crippen molar-refractivity contribution in [1.29, 1.82) is 0 Å². The van der Waals surface area contributed by atoms with Gasteiger partial charge in [-0.2, -0.15) is 0 Å². The second kappa shape index (κ2) is 8.92. The van der Waals surface area contributed by atoms with Gasteiger partial charge < -0.3 is 24.3 Å². The number of esters is 1. The van der Waals surface area contributed by atoms with Crippen molar-refractivity contribution in [1.82, 2.24) is 5.32 Å². The van der Waals surface area contributed by atoms with Gasteiger partial charge in [0.05, 0.1) is 5.92 Å². The minimum Gasteiger partial charge on any atom is -0.459 e. The molecule has 27 heavy (non-hydrogen) atoms. The molecule has 0 unspecified atom stereocenters. The van der Waals surface area contributed by atoms with Gasteiger partial charge in [-0.1, -0.05) is 20.8 Å². The number of ether oxygens (including phenoxy) is 2. The van der Waals surface area contributed by atoms with Crippen molar-refractivity contribution >= 4 is 20.4 Å². The number of nitrogens with one attached hydrogen (secondary N) is 1. The number of aliphatic hydroxyl groups is 1. The van der Waals surface area contributed by atoms with E-state index < -0.39 is 44.1 Å². The molecule has 1 saturated heterocycles. The molecule has 1 rings (SSSR count). The number of hydrogen-bond donors (Lipinski definition) is 2. The van der Waals surface area contributed by atoms with Crippen molar-refractivity contribution in [3.05, 3.63) is 0 Å². The molecule has 0 saturated carbocycles. The number of aliphatic hydroxyl groups excluding tert-OH is 1. The van der Waals surface area contributed by atoms with E-state index in [1.165, 1.54) is 0 Å². The van der Waals surface area contributed by atoms with E-state index in [-0.39, 0.29) is 11.6 Å². The van der Waals surface area contributed by atoms with E-state index in [1.807, 2.05) is 0 Å². The first-order chi connectivity index (χ1) is 12.1. The molecule has 8 heteroatoms. The molecule has 0 aromatic carbocycles. The van der Waals surface area contributed by atoms with Crippen LogP contribution in [0.3, 0.4) is 0 Å². The Kier molecular flexibility index (Phi) is 7.90. The average molecular weight is 404 g/mol. The van der Waals surface area contributed by atoms with Gasteiger partial charge in [0.15, 0.2) is 8.32 Å². The second-order valence-electron chi connectivity index (χ2n) is 9.69. The number of amides is 1. The zero-order valence-corrected chi connectivity index (χ0v) is 19.0. The molecule has 0 spiro atoms. The van der Waals surface area contributed by atoms with Crippen LogP contribution in [-0.4, -0.2) is 56.4 Å². The molecule has 3 atom stereocenters. The van der Waals surface area contributed by atoms with Gasteiger partial charge in [-0.05, 0) is 45.3 Å². The van der Waals surface area contributed by atoms with Crippen LogP contribution in [0.1, 0.15) is 54.4 Å². The average Bonchev–Trinajstić information content (AvgIpc) is 2.71. The van der Waals surface area contributed by atoms with Crippen molar-refractivity contribution in [2.45, 2.75) is 90.3 Å². The van der Waals surface area contributed by atoms with E-state index in [0.29, 0.717) is 19.4 Å². The highest BCUT2D eigenvalue weighted by atomic mass is 28.4. The molecular formula is C19H37NO6Si. The Hall–Kier alpha value is -1.12. The quantitative estimate of drug-likeness (QED) is 0.501. The van der Waals surface area contributed by atoms with E-state index >= 15 is 0 Å². The van der Waals surface area contributed by atoms with Gasteiger partial charge in [-0.15, -0.1) is 0 Å². The highest BCUT2D eigenvalue weighted by Gasteiger charge is 2.44. The van der Waals surface area contributed by atoms with Gasteiger partial charge in [0.1, 0.15) is 17.8 Å². The largest absolute Gasteiger partial charge is 0.459 e. The maximum absolute atomic E-state index is 12.1. The van der Waals surface area contributed by atoms with Gasteiger partial charge in [0, 0.05) is 19.6 Å². The summed E-state index contributed by atoms with van der Waals surface area (Å²) >= 11 is 0. The number of alkyl carbamates (subject to hydrolysis) is 1. The van der Waals surface area contributed by atoms with Gasteiger partial charge >= 0.3 is 12.1 Å². The molecule has 1 aliphatic rings. The molecule has 1 amide bonds. The lowest BCUT2D eigenvalue weighted by molar-refractivity contribution is -0.144. The molecule has 1 heterocycles. The first kappa shape index (κ1) is 23.9. The van der Waals surface area contributed by atoms with Crippen LogP contribution in [0, 0.1) is 5.92 Å². The number of rotatable bonds is 7. The van der Waals surface area contributed by atoms with Crippen LogP contribution in [0.25, 0.3) is 0 Å². The molecule has 158 valence electrons. The standard InChI is InChI=1S/C19H37NO6Si/c1-18(2,3)26-17(23)20-11-9-13-15(21)14(25-16(13)22)10-12-24-27(7,8)19(4,5)6/h13-15,21H,9-12H2,1-8H3,(H,20,23)/t13-,14-,15-/m1/s1. The topological polar surface area (TPSA) is 94.1 Å². The molecule has 0 aliphatic carbocycles. The van der Waals surface area contributed by atoms with E-state index in [1.54, 1.807) is 20.8 Å². The Bertz CT molecular complexity index is 523. The summed E-state index contributed by atoms with van der Waals surface area (Å²) in [6, 6.07) is 0. The van der Waals surface area contributed by atoms with Crippen molar-refractivity contribution in [3.63, 3.8) is 0 Å². The normalized spacial score (nSPS) is 23.9. The molecular weight excluding hydrogens is 366 g/mol. The number of carbonyl (C=O) groups is 2. The number of cyclic esters (lactones) is 1. The highest BCUT2D eigenvalue weighted by molar-refractivity contribution is 6.74. The molecule has 1 aliphatic heterocycles. The summed E-state index contributed by atoms with van der Waals surface area (Å²) in [5, 5.41) is 13.1. The molecule has 0 aromatic heterocycles. The zero-order valence-electron chi connectivity index (χ0n) is 18.0. The fraction of sp³-hybridized carbons (Fsp3) is 0.895. The summed E-state index contributed by atoms with van der Waals surface area (Å²) in [5.74, 6) is -1.07. The monoisotopic (exact) mass is 403 g/mol. The summed E-state index contributed by atoms with van der Waals surface area (Å²) in [4.78, 5) is 23.7. The summed E-state index contributed by atoms with van der Waals surface area (Å²) in [5.41, 5.74) is -0.578. The van der Waals surface area contributed by atoms with Crippen LogP contribution in [0.15, 0.2) is 0 Å². The van der Waals surface area contributed by atoms with Gasteiger partial charge in [0.25, 0.3) is 0 Å². The Morgan fingerprint density at radius 2 is 1.78 bits per heavy atom. The summed E-state index contributed by atoms with van der Waals surface area (Å²) < 4.78 is 16.6. The third kappa shape index (κ3) is 7.42. The van der Waals surface area contributed by atoms with E-state index in [9.17, 15) is 14.7 Å². The third-order valence-electron chi connectivity index (χ3n) is 5.16. The van der Waals surface area contributed by atoms with Crippen LogP contribution in [0.5, 0.6) is 0 Å². The first-order valence-corrected chi connectivity index (χ1v) is 12.5. The van der Waals surface area contributed by atoms with E-state index in [2.05, 4.69) is 39.2 Å². The highest BCUT2D eigenvalue weighted by Crippen LogP contribution is 2.37. The molecule has 0 radical (unpaired) electrons. The Balaban J connectivity index is 2.42. The SMILES string of the molecule is CC(C)(C)OC(=O)NCC[C@H]1C(=O)O[C@H](CCO[Si](C)(C)C(C)(C)C)[C@@H]1O. The van der Waals surface area contributed by atoms with Crippen LogP contribution >= 0.6 is 0 Å². The summed E-state index contributed by atoms with van der Waals surface area (Å²) in [6.07, 6.45) is -1.22. The molecule has 7 nitrogen and oxygen atoms in total. The Morgan fingerprint density at radius 1 is 1.19 bits per heavy atom. The van der Waals surface area contributed by atoms with Crippen molar-refractivity contribution in [2.24, 2.45) is 5.92 Å². The molecule has 0 bridgehead atoms.